The van der Waals surface area contributed by atoms with Gasteiger partial charge in [-0.2, -0.15) is 0 Å². The summed E-state index contributed by atoms with van der Waals surface area (Å²) in [7, 11) is -4.34. The summed E-state index contributed by atoms with van der Waals surface area (Å²) < 4.78 is 15.5. The van der Waals surface area contributed by atoms with E-state index in [1.54, 1.807) is 0 Å². The van der Waals surface area contributed by atoms with Crippen LogP contribution in [-0.2, 0) is 15.5 Å². The lowest BCUT2D eigenvalue weighted by Gasteiger charge is -2.13. The van der Waals surface area contributed by atoms with Gasteiger partial charge in [-0.05, 0) is 55.1 Å². The molecule has 0 unspecified atom stereocenters. The van der Waals surface area contributed by atoms with Crippen LogP contribution in [0.25, 0.3) is 0 Å². The van der Waals surface area contributed by atoms with Gasteiger partial charge in [-0.3, -0.25) is 4.52 Å². The summed E-state index contributed by atoms with van der Waals surface area (Å²) in [5.74, 6) is 0.744. The SMILES string of the molecule is CCCCCCCCc1ccc([C@H]2CC[C@H](COP(=O)(O)O)C2)cc1. The second-order valence-electron chi connectivity index (χ2n) is 7.42. The lowest BCUT2D eigenvalue weighted by atomic mass is 9.94. The Bertz CT molecular complexity index is 537. The lowest BCUT2D eigenvalue weighted by Crippen LogP contribution is -2.05. The zero-order valence-corrected chi connectivity index (χ0v) is 16.3. The highest BCUT2D eigenvalue weighted by Gasteiger charge is 2.28. The molecule has 1 aromatic carbocycles. The predicted molar refractivity (Wildman–Crippen MR) is 102 cm³/mol. The molecule has 0 bridgehead atoms. The van der Waals surface area contributed by atoms with Gasteiger partial charge in [-0.1, -0.05) is 63.3 Å². The maximum Gasteiger partial charge on any atom is 0.469 e. The first kappa shape index (κ1) is 20.6. The molecule has 2 N–H and O–H groups in total. The van der Waals surface area contributed by atoms with Crippen LogP contribution in [0, 0.1) is 5.92 Å². The Labute approximate surface area is 152 Å². The quantitative estimate of drug-likeness (QED) is 0.395. The normalized spacial score (nSPS) is 20.9. The van der Waals surface area contributed by atoms with E-state index in [0.717, 1.165) is 25.7 Å². The van der Waals surface area contributed by atoms with Crippen molar-refractivity contribution in [3.63, 3.8) is 0 Å². The Morgan fingerprint density at radius 2 is 1.72 bits per heavy atom. The molecule has 1 aliphatic rings. The highest BCUT2D eigenvalue weighted by atomic mass is 31.2. The van der Waals surface area contributed by atoms with Crippen molar-refractivity contribution in [1.82, 2.24) is 0 Å². The third kappa shape index (κ3) is 8.04. The summed E-state index contributed by atoms with van der Waals surface area (Å²) >= 11 is 0. The maximum atomic E-state index is 10.8. The van der Waals surface area contributed by atoms with Crippen molar-refractivity contribution < 1.29 is 18.9 Å². The summed E-state index contributed by atoms with van der Waals surface area (Å²) in [5, 5.41) is 0. The molecule has 5 heteroatoms. The highest BCUT2D eigenvalue weighted by molar-refractivity contribution is 7.46. The average Bonchev–Trinajstić information content (AvgIpc) is 3.05. The van der Waals surface area contributed by atoms with Crippen molar-refractivity contribution >= 4 is 7.82 Å². The lowest BCUT2D eigenvalue weighted by molar-refractivity contribution is 0.168. The Hall–Kier alpha value is -0.670. The standard InChI is InChI=1S/C20H33O4P/c1-2-3-4-5-6-7-8-17-9-12-19(13-10-17)20-14-11-18(15-20)16-24-25(21,22)23/h9-10,12-13,18,20H,2-8,11,14-16H2,1H3,(H2,21,22,23)/t18-,20-/m0/s1. The fraction of sp³-hybridized carbons (Fsp3) is 0.700. The van der Waals surface area contributed by atoms with E-state index in [0.29, 0.717) is 5.92 Å². The topological polar surface area (TPSA) is 66.8 Å². The zero-order chi connectivity index (χ0) is 18.1. The summed E-state index contributed by atoms with van der Waals surface area (Å²) in [6.45, 7) is 2.41. The molecular formula is C20H33O4P. The van der Waals surface area contributed by atoms with Crippen molar-refractivity contribution in [2.75, 3.05) is 6.61 Å². The number of hydrogen-bond donors (Lipinski definition) is 2. The van der Waals surface area contributed by atoms with Crippen LogP contribution in [0.4, 0.5) is 0 Å². The monoisotopic (exact) mass is 368 g/mol. The minimum atomic E-state index is -4.34. The Kier molecular flexibility index (Phi) is 8.65. The summed E-state index contributed by atoms with van der Waals surface area (Å²) in [4.78, 5) is 17.6. The number of phosphoric ester groups is 1. The Balaban J connectivity index is 1.70. The van der Waals surface area contributed by atoms with Gasteiger partial charge in [0.2, 0.25) is 0 Å². The third-order valence-electron chi connectivity index (χ3n) is 5.29. The molecule has 1 aliphatic carbocycles. The number of phosphoric acid groups is 1. The molecule has 4 nitrogen and oxygen atoms in total. The van der Waals surface area contributed by atoms with E-state index in [9.17, 15) is 4.57 Å². The van der Waals surface area contributed by atoms with E-state index in [-0.39, 0.29) is 12.5 Å². The number of aryl methyl sites for hydroxylation is 1. The molecule has 1 saturated carbocycles. The molecule has 0 spiro atoms. The van der Waals surface area contributed by atoms with Gasteiger partial charge in [0.05, 0.1) is 6.61 Å². The third-order valence-corrected chi connectivity index (χ3v) is 5.78. The van der Waals surface area contributed by atoms with Gasteiger partial charge in [0, 0.05) is 0 Å². The van der Waals surface area contributed by atoms with Crippen molar-refractivity contribution in [3.8, 4) is 0 Å². The smallest absolute Gasteiger partial charge is 0.303 e. The zero-order valence-electron chi connectivity index (χ0n) is 15.4. The van der Waals surface area contributed by atoms with Crippen LogP contribution in [0.3, 0.4) is 0 Å². The van der Waals surface area contributed by atoms with E-state index in [4.69, 9.17) is 9.79 Å². The molecule has 0 radical (unpaired) electrons. The summed E-state index contributed by atoms with van der Waals surface area (Å²) in [5.41, 5.74) is 2.77. The van der Waals surface area contributed by atoms with E-state index in [1.165, 1.54) is 49.7 Å². The van der Waals surface area contributed by atoms with Crippen LogP contribution >= 0.6 is 7.82 Å². The van der Waals surface area contributed by atoms with Crippen LogP contribution < -0.4 is 0 Å². The minimum absolute atomic E-state index is 0.164. The molecule has 1 fully saturated rings. The van der Waals surface area contributed by atoms with E-state index in [2.05, 4.69) is 35.7 Å². The molecule has 0 heterocycles. The first-order valence-electron chi connectivity index (χ1n) is 9.77. The molecule has 0 aliphatic heterocycles. The van der Waals surface area contributed by atoms with Crippen molar-refractivity contribution in [2.24, 2.45) is 5.92 Å². The summed E-state index contributed by atoms with van der Waals surface area (Å²) in [6.07, 6.45) is 12.1. The fourth-order valence-corrected chi connectivity index (χ4v) is 4.20. The van der Waals surface area contributed by atoms with Crippen molar-refractivity contribution in [3.05, 3.63) is 35.4 Å². The number of unbranched alkanes of at least 4 members (excludes halogenated alkanes) is 5. The molecule has 0 saturated heterocycles. The molecule has 2 atom stereocenters. The molecule has 0 aromatic heterocycles. The molecule has 0 amide bonds. The van der Waals surface area contributed by atoms with Gasteiger partial charge >= 0.3 is 7.82 Å². The van der Waals surface area contributed by atoms with Crippen LogP contribution in [0.1, 0.15) is 81.8 Å². The molecule has 142 valence electrons. The first-order valence-corrected chi connectivity index (χ1v) is 11.3. The fourth-order valence-electron chi connectivity index (χ4n) is 3.80. The number of benzene rings is 1. The molecule has 1 aromatic rings. The van der Waals surface area contributed by atoms with Crippen LogP contribution in [0.2, 0.25) is 0 Å². The van der Waals surface area contributed by atoms with E-state index >= 15 is 0 Å². The van der Waals surface area contributed by atoms with Crippen LogP contribution in [0.5, 0.6) is 0 Å². The van der Waals surface area contributed by atoms with Gasteiger partial charge in [0.15, 0.2) is 0 Å². The molecular weight excluding hydrogens is 335 g/mol. The predicted octanol–water partition coefficient (Wildman–Crippen LogP) is 5.58. The van der Waals surface area contributed by atoms with Gasteiger partial charge in [-0.15, -0.1) is 0 Å². The molecule has 25 heavy (non-hydrogen) atoms. The van der Waals surface area contributed by atoms with Crippen LogP contribution in [-0.4, -0.2) is 16.4 Å². The largest absolute Gasteiger partial charge is 0.469 e. The van der Waals surface area contributed by atoms with Gasteiger partial charge < -0.3 is 9.79 Å². The summed E-state index contributed by atoms with van der Waals surface area (Å²) in [6, 6.07) is 8.98. The minimum Gasteiger partial charge on any atom is -0.303 e. The Morgan fingerprint density at radius 1 is 1.04 bits per heavy atom. The second-order valence-corrected chi connectivity index (χ2v) is 8.66. The Morgan fingerprint density at radius 3 is 2.40 bits per heavy atom. The second kappa shape index (κ2) is 10.5. The average molecular weight is 368 g/mol. The van der Waals surface area contributed by atoms with E-state index < -0.39 is 7.82 Å². The van der Waals surface area contributed by atoms with Crippen LogP contribution in [0.15, 0.2) is 24.3 Å². The molecule has 2 rings (SSSR count). The van der Waals surface area contributed by atoms with Gasteiger partial charge in [-0.25, -0.2) is 4.57 Å². The van der Waals surface area contributed by atoms with Gasteiger partial charge in [0.25, 0.3) is 0 Å². The number of rotatable bonds is 11. The number of hydrogen-bond acceptors (Lipinski definition) is 2. The van der Waals surface area contributed by atoms with Crippen molar-refractivity contribution in [1.29, 1.82) is 0 Å². The van der Waals surface area contributed by atoms with Gasteiger partial charge in [0.1, 0.15) is 0 Å². The van der Waals surface area contributed by atoms with E-state index in [1.807, 2.05) is 0 Å². The van der Waals surface area contributed by atoms with Crippen molar-refractivity contribution in [2.45, 2.75) is 77.0 Å². The first-order chi connectivity index (χ1) is 12.0. The maximum absolute atomic E-state index is 10.8. The highest BCUT2D eigenvalue weighted by Crippen LogP contribution is 2.42.